The van der Waals surface area contributed by atoms with Crippen LogP contribution in [0.4, 0.5) is 11.4 Å². The molecule has 1 aromatic carbocycles. The summed E-state index contributed by atoms with van der Waals surface area (Å²) in [6.45, 7) is 4.35. The molecule has 0 spiro atoms. The maximum atomic E-state index is 13.2. The molecule has 1 aromatic rings. The molecular formula is C14H20N2O3. The van der Waals surface area contributed by atoms with Crippen LogP contribution in [-0.4, -0.2) is 32.5 Å². The van der Waals surface area contributed by atoms with Gasteiger partial charge in [0.2, 0.25) is 0 Å². The Labute approximate surface area is 113 Å². The normalized spacial score (nSPS) is 26.8. The summed E-state index contributed by atoms with van der Waals surface area (Å²) >= 11 is 0. The summed E-state index contributed by atoms with van der Waals surface area (Å²) in [6, 6.07) is 5.83. The number of fused-ring (bicyclic) bond motifs is 1. The lowest BCUT2D eigenvalue weighted by Crippen LogP contribution is -2.53. The largest absolute Gasteiger partial charge is 0.626 e. The molecule has 1 N–H and O–H groups in total. The number of hydrogen-bond donors (Lipinski definition) is 1. The summed E-state index contributed by atoms with van der Waals surface area (Å²) in [5, 5.41) is 16.4. The molecule has 2 heterocycles. The Balaban J connectivity index is 1.92. The average molecular weight is 264 g/mol. The van der Waals surface area contributed by atoms with Crippen molar-refractivity contribution in [3.8, 4) is 5.75 Å². The molecule has 0 radical (unpaired) electrons. The number of nitrogens with one attached hydrogen (secondary N) is 1. The van der Waals surface area contributed by atoms with E-state index in [0.717, 1.165) is 30.0 Å². The van der Waals surface area contributed by atoms with Crippen LogP contribution in [0.15, 0.2) is 18.2 Å². The van der Waals surface area contributed by atoms with Gasteiger partial charge in [0.25, 0.3) is 0 Å². The monoisotopic (exact) mass is 264 g/mol. The van der Waals surface area contributed by atoms with Crippen LogP contribution in [0.1, 0.15) is 19.8 Å². The molecule has 1 atom stereocenters. The molecule has 1 saturated heterocycles. The second-order valence-electron chi connectivity index (χ2n) is 5.09. The number of nitrogens with zero attached hydrogens (tertiary/aromatic N) is 1. The third-order valence-electron chi connectivity index (χ3n) is 3.97. The smallest absolute Gasteiger partial charge is 0.161 e. The third-order valence-corrected chi connectivity index (χ3v) is 3.97. The summed E-state index contributed by atoms with van der Waals surface area (Å²) in [5.41, 5.74) is 1.74. The van der Waals surface area contributed by atoms with Crippen LogP contribution < -0.4 is 14.7 Å². The molecule has 0 saturated carbocycles. The van der Waals surface area contributed by atoms with Crippen molar-refractivity contribution in [3.63, 3.8) is 0 Å². The lowest BCUT2D eigenvalue weighted by atomic mass is 10.1. The van der Waals surface area contributed by atoms with Gasteiger partial charge >= 0.3 is 0 Å². The van der Waals surface area contributed by atoms with Crippen LogP contribution >= 0.6 is 0 Å². The first-order valence-electron chi connectivity index (χ1n) is 6.92. The van der Waals surface area contributed by atoms with Gasteiger partial charge in [0.1, 0.15) is 11.4 Å². The van der Waals surface area contributed by atoms with E-state index in [-0.39, 0.29) is 10.7 Å². The van der Waals surface area contributed by atoms with Gasteiger partial charge in [-0.1, -0.05) is 0 Å². The molecule has 0 amide bonds. The number of hydroxylamine groups is 2. The van der Waals surface area contributed by atoms with Crippen molar-refractivity contribution in [2.45, 2.75) is 25.8 Å². The maximum Gasteiger partial charge on any atom is 0.161 e. The molecule has 1 fully saturated rings. The van der Waals surface area contributed by atoms with Crippen LogP contribution in [-0.2, 0) is 4.74 Å². The topological polar surface area (TPSA) is 53.5 Å². The van der Waals surface area contributed by atoms with E-state index in [4.69, 9.17) is 9.47 Å². The van der Waals surface area contributed by atoms with E-state index in [0.29, 0.717) is 26.5 Å². The first kappa shape index (κ1) is 12.7. The molecule has 2 aliphatic rings. The zero-order valence-corrected chi connectivity index (χ0v) is 11.2. The number of hydrogen-bond acceptors (Lipinski definition) is 4. The van der Waals surface area contributed by atoms with Gasteiger partial charge in [-0.2, -0.15) is 0 Å². The minimum absolute atomic E-state index is 0.0828. The van der Waals surface area contributed by atoms with E-state index in [9.17, 15) is 5.21 Å². The Hall–Kier alpha value is -1.30. The fourth-order valence-electron chi connectivity index (χ4n) is 2.95. The van der Waals surface area contributed by atoms with Gasteiger partial charge in [-0.3, -0.25) is 0 Å². The molecule has 104 valence electrons. The Kier molecular flexibility index (Phi) is 3.35. The quantitative estimate of drug-likeness (QED) is 0.673. The second kappa shape index (κ2) is 5.00. The minimum Gasteiger partial charge on any atom is -0.626 e. The Morgan fingerprint density at radius 2 is 2.21 bits per heavy atom. The van der Waals surface area contributed by atoms with Gasteiger partial charge < -0.3 is 24.6 Å². The van der Waals surface area contributed by atoms with Crippen molar-refractivity contribution in [3.05, 3.63) is 23.4 Å². The average Bonchev–Trinajstić information content (AvgIpc) is 2.79. The molecule has 5 heteroatoms. The number of ether oxygens (including phenoxy) is 2. The number of anilines is 1. The van der Waals surface area contributed by atoms with Crippen LogP contribution in [0.25, 0.3) is 0 Å². The van der Waals surface area contributed by atoms with E-state index in [1.54, 1.807) is 0 Å². The van der Waals surface area contributed by atoms with Crippen molar-refractivity contribution in [2.75, 3.05) is 31.8 Å². The van der Waals surface area contributed by atoms with E-state index < -0.39 is 0 Å². The highest BCUT2D eigenvalue weighted by molar-refractivity contribution is 5.74. The van der Waals surface area contributed by atoms with Gasteiger partial charge in [0.05, 0.1) is 25.9 Å². The zero-order chi connectivity index (χ0) is 13.3. The van der Waals surface area contributed by atoms with Crippen molar-refractivity contribution in [1.29, 1.82) is 0 Å². The lowest BCUT2D eigenvalue weighted by Gasteiger charge is -2.45. The van der Waals surface area contributed by atoms with Gasteiger partial charge in [-0.25, -0.2) is 0 Å². The van der Waals surface area contributed by atoms with Crippen molar-refractivity contribution in [1.82, 2.24) is 4.65 Å². The highest BCUT2D eigenvalue weighted by Crippen LogP contribution is 2.42. The summed E-state index contributed by atoms with van der Waals surface area (Å²) in [6.07, 6.45) is 1.65. The van der Waals surface area contributed by atoms with Gasteiger partial charge in [-0.15, -0.1) is 0 Å². The van der Waals surface area contributed by atoms with E-state index in [1.165, 1.54) is 0 Å². The molecule has 19 heavy (non-hydrogen) atoms. The van der Waals surface area contributed by atoms with Crippen molar-refractivity contribution < 1.29 is 9.47 Å². The van der Waals surface area contributed by atoms with Crippen LogP contribution in [0, 0.1) is 5.21 Å². The molecular weight excluding hydrogens is 244 g/mol. The fraction of sp³-hybridized carbons (Fsp3) is 0.571. The van der Waals surface area contributed by atoms with Crippen LogP contribution in [0.3, 0.4) is 0 Å². The second-order valence-corrected chi connectivity index (χ2v) is 5.09. The summed E-state index contributed by atoms with van der Waals surface area (Å²) in [5.74, 6) is 0.773. The standard InChI is InChI=1S/C14H20N2O3/c1-2-19-12-3-4-13-14(9-12)16(17,10-15-13)11-5-7-18-8-6-11/h3-4,9,11,15H,2,5-8,10H2,1H3. The molecule has 0 aliphatic carbocycles. The van der Waals surface area contributed by atoms with Crippen molar-refractivity contribution >= 4 is 11.4 Å². The molecule has 0 aromatic heterocycles. The highest BCUT2D eigenvalue weighted by atomic mass is 16.6. The highest BCUT2D eigenvalue weighted by Gasteiger charge is 2.39. The number of rotatable bonds is 3. The molecule has 0 bridgehead atoms. The van der Waals surface area contributed by atoms with E-state index >= 15 is 0 Å². The zero-order valence-electron chi connectivity index (χ0n) is 11.2. The first-order valence-corrected chi connectivity index (χ1v) is 6.92. The third kappa shape index (κ3) is 2.18. The Bertz CT molecular complexity index is 460. The lowest BCUT2D eigenvalue weighted by molar-refractivity contribution is 0.0542. The van der Waals surface area contributed by atoms with E-state index in [1.807, 2.05) is 25.1 Å². The summed E-state index contributed by atoms with van der Waals surface area (Å²) in [4.78, 5) is 0. The minimum atomic E-state index is -0.292. The number of quaternary nitrogens is 1. The molecule has 2 aliphatic heterocycles. The fourth-order valence-corrected chi connectivity index (χ4v) is 2.95. The van der Waals surface area contributed by atoms with Crippen LogP contribution in [0.5, 0.6) is 5.75 Å². The van der Waals surface area contributed by atoms with Gasteiger partial charge in [-0.05, 0) is 19.1 Å². The Morgan fingerprint density at radius 3 is 2.95 bits per heavy atom. The van der Waals surface area contributed by atoms with Gasteiger partial charge in [0.15, 0.2) is 12.4 Å². The molecule has 1 unspecified atom stereocenters. The Morgan fingerprint density at radius 1 is 1.42 bits per heavy atom. The first-order chi connectivity index (χ1) is 9.24. The van der Waals surface area contributed by atoms with E-state index in [2.05, 4.69) is 5.32 Å². The molecule has 3 rings (SSSR count). The maximum absolute atomic E-state index is 13.2. The predicted octanol–water partition coefficient (Wildman–Crippen LogP) is 2.45. The summed E-state index contributed by atoms with van der Waals surface area (Å²) in [7, 11) is 0. The van der Waals surface area contributed by atoms with Crippen LogP contribution in [0.2, 0.25) is 0 Å². The molecule has 5 nitrogen and oxygen atoms in total. The predicted molar refractivity (Wildman–Crippen MR) is 75.1 cm³/mol. The number of benzene rings is 1. The van der Waals surface area contributed by atoms with Gasteiger partial charge in [0, 0.05) is 18.9 Å². The summed E-state index contributed by atoms with van der Waals surface area (Å²) < 4.78 is 10.6. The SMILES string of the molecule is CCOc1ccc2c(c1)[N+]([O-])(C1CCOCC1)CN2. The van der Waals surface area contributed by atoms with Crippen molar-refractivity contribution in [2.24, 2.45) is 0 Å².